The van der Waals surface area contributed by atoms with Gasteiger partial charge in [-0.05, 0) is 24.2 Å². The molecule has 0 spiro atoms. The highest BCUT2D eigenvalue weighted by Gasteiger charge is 2.33. The fourth-order valence-electron chi connectivity index (χ4n) is 2.15. The Kier molecular flexibility index (Phi) is 2.73. The Bertz CT molecular complexity index is 354. The van der Waals surface area contributed by atoms with Gasteiger partial charge in [-0.3, -0.25) is 4.90 Å². The molecule has 0 bridgehead atoms. The van der Waals surface area contributed by atoms with E-state index < -0.39 is 8.07 Å². The van der Waals surface area contributed by atoms with Crippen molar-refractivity contribution in [3.05, 3.63) is 35.4 Å². The van der Waals surface area contributed by atoms with Crippen LogP contribution in [0.3, 0.4) is 0 Å². The van der Waals surface area contributed by atoms with Crippen LogP contribution in [-0.4, -0.2) is 26.6 Å². The summed E-state index contributed by atoms with van der Waals surface area (Å²) >= 11 is 0. The Morgan fingerprint density at radius 3 is 2.40 bits per heavy atom. The van der Waals surface area contributed by atoms with Gasteiger partial charge in [0, 0.05) is 20.7 Å². The molecular weight excluding hydrogens is 198 g/mol. The topological polar surface area (TPSA) is 3.01 Å². The molecule has 0 saturated carbocycles. The third-order valence-electron chi connectivity index (χ3n) is 2.99. The van der Waals surface area contributed by atoms with E-state index >= 15 is 0 Å². The molecule has 15 heavy (non-hydrogen) atoms. The maximum absolute atomic E-state index is 2.44. The predicted octanol–water partition coefficient (Wildman–Crippen LogP) is 3.09. The Balaban J connectivity index is 2.23. The van der Waals surface area contributed by atoms with E-state index in [0.29, 0.717) is 6.04 Å². The van der Waals surface area contributed by atoms with E-state index in [1.165, 1.54) is 12.6 Å². The number of likely N-dealkylation sites (N-methyl/N-ethyl adjacent to an activating group) is 1. The quantitative estimate of drug-likeness (QED) is 0.558. The van der Waals surface area contributed by atoms with Crippen LogP contribution in [0.4, 0.5) is 0 Å². The largest absolute Gasteiger partial charge is 0.296 e. The normalized spacial score (nSPS) is 25.3. The molecule has 0 aliphatic carbocycles. The number of hydrogen-bond donors (Lipinski definition) is 0. The molecule has 1 saturated heterocycles. The van der Waals surface area contributed by atoms with Crippen molar-refractivity contribution in [1.82, 2.24) is 4.90 Å². The SMILES string of the molecule is CN1CC1c1ccccc1C[Si](C)(C)C. The molecule has 2 rings (SSSR count). The summed E-state index contributed by atoms with van der Waals surface area (Å²) in [4.78, 5) is 2.41. The number of rotatable bonds is 3. The molecule has 2 atom stereocenters. The van der Waals surface area contributed by atoms with Crippen LogP contribution in [0, 0.1) is 0 Å². The first-order valence-electron chi connectivity index (χ1n) is 5.75. The highest BCUT2D eigenvalue weighted by atomic mass is 28.3. The molecule has 1 aliphatic rings. The molecular formula is C13H21NSi. The Hall–Kier alpha value is -0.603. The minimum Gasteiger partial charge on any atom is -0.296 e. The molecule has 1 aromatic rings. The molecule has 0 amide bonds. The summed E-state index contributed by atoms with van der Waals surface area (Å²) in [6.45, 7) is 8.57. The number of benzene rings is 1. The van der Waals surface area contributed by atoms with Gasteiger partial charge in [-0.25, -0.2) is 0 Å². The van der Waals surface area contributed by atoms with Crippen LogP contribution in [0.5, 0.6) is 0 Å². The van der Waals surface area contributed by atoms with E-state index in [9.17, 15) is 0 Å². The van der Waals surface area contributed by atoms with Gasteiger partial charge in [0.1, 0.15) is 0 Å². The third-order valence-corrected chi connectivity index (χ3v) is 4.44. The molecule has 0 N–H and O–H groups in total. The lowest BCUT2D eigenvalue weighted by atomic mass is 10.1. The average Bonchev–Trinajstić information content (AvgIpc) is 2.80. The van der Waals surface area contributed by atoms with Gasteiger partial charge in [0.25, 0.3) is 0 Å². The Morgan fingerprint density at radius 2 is 1.87 bits per heavy atom. The molecule has 1 fully saturated rings. The van der Waals surface area contributed by atoms with E-state index in [2.05, 4.69) is 55.9 Å². The first kappa shape index (κ1) is 10.9. The maximum Gasteiger partial charge on any atom is 0.0487 e. The first-order valence-corrected chi connectivity index (χ1v) is 9.46. The summed E-state index contributed by atoms with van der Waals surface area (Å²) in [5, 5.41) is 0. The molecule has 1 aromatic carbocycles. The second-order valence-electron chi connectivity index (χ2n) is 5.89. The highest BCUT2D eigenvalue weighted by molar-refractivity contribution is 6.75. The third kappa shape index (κ3) is 2.70. The standard InChI is InChI=1S/C13H21NSi/c1-14-9-13(14)12-8-6-5-7-11(12)10-15(2,3)4/h5-8,13H,9-10H2,1-4H3. The first-order chi connectivity index (χ1) is 6.97. The van der Waals surface area contributed by atoms with Gasteiger partial charge in [0.2, 0.25) is 0 Å². The lowest BCUT2D eigenvalue weighted by Gasteiger charge is -2.18. The Labute approximate surface area is 94.1 Å². The zero-order chi connectivity index (χ0) is 11.1. The van der Waals surface area contributed by atoms with Crippen molar-refractivity contribution in [2.24, 2.45) is 0 Å². The van der Waals surface area contributed by atoms with Crippen LogP contribution in [0.2, 0.25) is 19.6 Å². The second kappa shape index (κ2) is 3.76. The smallest absolute Gasteiger partial charge is 0.0487 e. The minimum atomic E-state index is -0.988. The fourth-order valence-corrected chi connectivity index (χ4v) is 3.62. The zero-order valence-electron chi connectivity index (χ0n) is 10.2. The molecule has 0 aromatic heterocycles. The van der Waals surface area contributed by atoms with Crippen LogP contribution in [0.25, 0.3) is 0 Å². The van der Waals surface area contributed by atoms with E-state index in [4.69, 9.17) is 0 Å². The molecule has 2 heteroatoms. The van der Waals surface area contributed by atoms with E-state index in [-0.39, 0.29) is 0 Å². The van der Waals surface area contributed by atoms with Crippen molar-refractivity contribution in [1.29, 1.82) is 0 Å². The number of hydrogen-bond acceptors (Lipinski definition) is 1. The summed E-state index contributed by atoms with van der Waals surface area (Å²) in [7, 11) is 1.22. The van der Waals surface area contributed by atoms with E-state index in [0.717, 1.165) is 0 Å². The van der Waals surface area contributed by atoms with Gasteiger partial charge < -0.3 is 0 Å². The van der Waals surface area contributed by atoms with Crippen LogP contribution in [0.1, 0.15) is 17.2 Å². The average molecular weight is 219 g/mol. The molecule has 1 aliphatic heterocycles. The van der Waals surface area contributed by atoms with Crippen molar-refractivity contribution >= 4 is 8.07 Å². The summed E-state index contributed by atoms with van der Waals surface area (Å²) in [5.74, 6) is 0. The van der Waals surface area contributed by atoms with Crippen LogP contribution >= 0.6 is 0 Å². The Morgan fingerprint density at radius 1 is 1.27 bits per heavy atom. The maximum atomic E-state index is 2.44. The molecule has 1 heterocycles. The van der Waals surface area contributed by atoms with Crippen molar-refractivity contribution in [2.75, 3.05) is 13.6 Å². The molecule has 2 unspecified atom stereocenters. The van der Waals surface area contributed by atoms with Gasteiger partial charge in [0.15, 0.2) is 0 Å². The van der Waals surface area contributed by atoms with Crippen LogP contribution in [-0.2, 0) is 6.04 Å². The van der Waals surface area contributed by atoms with Crippen molar-refractivity contribution < 1.29 is 0 Å². The summed E-state index contributed by atoms with van der Waals surface area (Å²) in [6, 6.07) is 11.0. The lowest BCUT2D eigenvalue weighted by Crippen LogP contribution is -2.24. The van der Waals surface area contributed by atoms with Crippen molar-refractivity contribution in [3.8, 4) is 0 Å². The monoisotopic (exact) mass is 219 g/mol. The van der Waals surface area contributed by atoms with Crippen LogP contribution in [0.15, 0.2) is 24.3 Å². The van der Waals surface area contributed by atoms with Crippen LogP contribution < -0.4 is 0 Å². The predicted molar refractivity (Wildman–Crippen MR) is 68.9 cm³/mol. The fraction of sp³-hybridized carbons (Fsp3) is 0.538. The molecule has 82 valence electrons. The summed E-state index contributed by atoms with van der Waals surface area (Å²) in [6.07, 6.45) is 0. The van der Waals surface area contributed by atoms with Crippen molar-refractivity contribution in [3.63, 3.8) is 0 Å². The van der Waals surface area contributed by atoms with Gasteiger partial charge in [0.05, 0.1) is 0 Å². The number of nitrogens with zero attached hydrogens (tertiary/aromatic N) is 1. The van der Waals surface area contributed by atoms with Gasteiger partial charge in [-0.15, -0.1) is 0 Å². The van der Waals surface area contributed by atoms with E-state index in [1.54, 1.807) is 11.1 Å². The molecule has 1 nitrogen and oxygen atoms in total. The van der Waals surface area contributed by atoms with Gasteiger partial charge in [-0.1, -0.05) is 43.9 Å². The van der Waals surface area contributed by atoms with E-state index in [1.807, 2.05) is 0 Å². The second-order valence-corrected chi connectivity index (χ2v) is 11.4. The lowest BCUT2D eigenvalue weighted by molar-refractivity contribution is 0.629. The van der Waals surface area contributed by atoms with Gasteiger partial charge in [-0.2, -0.15) is 0 Å². The highest BCUT2D eigenvalue weighted by Crippen LogP contribution is 2.35. The minimum absolute atomic E-state index is 0.706. The van der Waals surface area contributed by atoms with Gasteiger partial charge >= 0.3 is 0 Å². The zero-order valence-corrected chi connectivity index (χ0v) is 11.2. The summed E-state index contributed by atoms with van der Waals surface area (Å²) in [5.41, 5.74) is 3.16. The van der Waals surface area contributed by atoms with Crippen molar-refractivity contribution in [2.45, 2.75) is 31.7 Å². The molecule has 0 radical (unpaired) electrons. The summed E-state index contributed by atoms with van der Waals surface area (Å²) < 4.78 is 0.